The molecule has 0 saturated heterocycles. The van der Waals surface area contributed by atoms with Gasteiger partial charge in [-0.05, 0) is 48.5 Å². The zero-order valence-electron chi connectivity index (χ0n) is 16.0. The van der Waals surface area contributed by atoms with Crippen molar-refractivity contribution in [3.63, 3.8) is 0 Å². The minimum Gasteiger partial charge on any atom is -0.451 e. The Bertz CT molecular complexity index is 1390. The lowest BCUT2D eigenvalue weighted by molar-refractivity contribution is 0.0997. The van der Waals surface area contributed by atoms with Crippen molar-refractivity contribution < 1.29 is 9.21 Å². The van der Waals surface area contributed by atoms with Gasteiger partial charge in [-0.2, -0.15) is 0 Å². The predicted octanol–water partition coefficient (Wildman–Crippen LogP) is 7.05. The van der Waals surface area contributed by atoms with Gasteiger partial charge in [0.15, 0.2) is 5.76 Å². The SMILES string of the molecule is O=C(Nc1cccc(-c2nc3ccccc3[nH]2)c1)c1ccc(-c2cccc(Cl)c2Cl)o1. The second-order valence-corrected chi connectivity index (χ2v) is 7.69. The first-order valence-corrected chi connectivity index (χ1v) is 10.2. The van der Waals surface area contributed by atoms with Crippen molar-refractivity contribution >= 4 is 45.8 Å². The maximum absolute atomic E-state index is 12.7. The molecule has 0 atom stereocenters. The predicted molar refractivity (Wildman–Crippen MR) is 124 cm³/mol. The van der Waals surface area contributed by atoms with Crippen LogP contribution in [-0.2, 0) is 0 Å². The molecule has 5 rings (SSSR count). The molecule has 7 heteroatoms. The number of benzene rings is 3. The minimum atomic E-state index is -0.369. The van der Waals surface area contributed by atoms with Crippen LogP contribution in [0, 0.1) is 0 Å². The number of rotatable bonds is 4. The van der Waals surface area contributed by atoms with Crippen LogP contribution in [0.1, 0.15) is 10.6 Å². The monoisotopic (exact) mass is 447 g/mol. The number of aromatic amines is 1. The van der Waals surface area contributed by atoms with Crippen LogP contribution in [0.4, 0.5) is 5.69 Å². The zero-order valence-corrected chi connectivity index (χ0v) is 17.5. The molecule has 2 heterocycles. The van der Waals surface area contributed by atoms with Gasteiger partial charge in [0.2, 0.25) is 0 Å². The Hall–Kier alpha value is -3.54. The van der Waals surface area contributed by atoms with E-state index in [0.29, 0.717) is 27.1 Å². The van der Waals surface area contributed by atoms with Gasteiger partial charge < -0.3 is 14.7 Å². The lowest BCUT2D eigenvalue weighted by Crippen LogP contribution is -2.10. The maximum Gasteiger partial charge on any atom is 0.291 e. The van der Waals surface area contributed by atoms with Crippen LogP contribution in [0.2, 0.25) is 10.0 Å². The molecular weight excluding hydrogens is 433 g/mol. The lowest BCUT2D eigenvalue weighted by Gasteiger charge is -2.05. The first-order valence-electron chi connectivity index (χ1n) is 9.49. The fraction of sp³-hybridized carbons (Fsp3) is 0. The molecule has 5 nitrogen and oxygen atoms in total. The van der Waals surface area contributed by atoms with Crippen molar-refractivity contribution in [2.24, 2.45) is 0 Å². The van der Waals surface area contributed by atoms with Gasteiger partial charge in [0.05, 0.1) is 21.1 Å². The number of hydrogen-bond donors (Lipinski definition) is 2. The van der Waals surface area contributed by atoms with Crippen molar-refractivity contribution in [3.05, 3.63) is 94.7 Å². The van der Waals surface area contributed by atoms with Crippen molar-refractivity contribution in [3.8, 4) is 22.7 Å². The van der Waals surface area contributed by atoms with Gasteiger partial charge in [-0.15, -0.1) is 0 Å². The molecule has 0 aliphatic rings. The topological polar surface area (TPSA) is 70.9 Å². The fourth-order valence-corrected chi connectivity index (χ4v) is 3.72. The number of H-pyrrole nitrogens is 1. The molecule has 2 N–H and O–H groups in total. The number of amides is 1. The van der Waals surface area contributed by atoms with E-state index in [-0.39, 0.29) is 11.7 Å². The molecule has 152 valence electrons. The van der Waals surface area contributed by atoms with E-state index in [1.807, 2.05) is 48.5 Å². The number of furan rings is 1. The van der Waals surface area contributed by atoms with Crippen LogP contribution in [-0.4, -0.2) is 15.9 Å². The Morgan fingerprint density at radius 2 is 1.77 bits per heavy atom. The third-order valence-electron chi connectivity index (χ3n) is 4.83. The third kappa shape index (κ3) is 3.81. The molecule has 0 radical (unpaired) electrons. The molecule has 0 saturated carbocycles. The largest absolute Gasteiger partial charge is 0.451 e. The van der Waals surface area contributed by atoms with E-state index >= 15 is 0 Å². The van der Waals surface area contributed by atoms with E-state index in [9.17, 15) is 4.79 Å². The molecule has 1 amide bonds. The van der Waals surface area contributed by atoms with Crippen LogP contribution in [0.25, 0.3) is 33.7 Å². The number of nitrogens with zero attached hydrogens (tertiary/aromatic N) is 1. The van der Waals surface area contributed by atoms with Crippen LogP contribution in [0.3, 0.4) is 0 Å². The van der Waals surface area contributed by atoms with Crippen molar-refractivity contribution in [1.29, 1.82) is 0 Å². The summed E-state index contributed by atoms with van der Waals surface area (Å²) in [5.74, 6) is 0.994. The minimum absolute atomic E-state index is 0.167. The second kappa shape index (κ2) is 7.95. The summed E-state index contributed by atoms with van der Waals surface area (Å²) in [4.78, 5) is 20.6. The standard InChI is InChI=1S/C24H15Cl2N3O2/c25-17-8-4-7-16(22(17)26)20-11-12-21(31-20)24(30)27-15-6-3-5-14(13-15)23-28-18-9-1-2-10-19(18)29-23/h1-13H,(H,27,30)(H,28,29). The smallest absolute Gasteiger partial charge is 0.291 e. The molecule has 0 spiro atoms. The number of nitrogens with one attached hydrogen (secondary N) is 2. The molecule has 2 aromatic heterocycles. The molecule has 31 heavy (non-hydrogen) atoms. The highest BCUT2D eigenvalue weighted by atomic mass is 35.5. The Balaban J connectivity index is 1.38. The molecule has 0 unspecified atom stereocenters. The van der Waals surface area contributed by atoms with Crippen molar-refractivity contribution in [2.45, 2.75) is 0 Å². The first kappa shape index (κ1) is 19.4. The zero-order chi connectivity index (χ0) is 21.4. The summed E-state index contributed by atoms with van der Waals surface area (Å²) in [5.41, 5.74) is 3.95. The van der Waals surface area contributed by atoms with Crippen LogP contribution in [0.5, 0.6) is 0 Å². The highest BCUT2D eigenvalue weighted by Crippen LogP contribution is 2.34. The average molecular weight is 448 g/mol. The molecule has 5 aromatic rings. The maximum atomic E-state index is 12.7. The number of hydrogen-bond acceptors (Lipinski definition) is 3. The molecular formula is C24H15Cl2N3O2. The number of para-hydroxylation sites is 2. The average Bonchev–Trinajstić information content (AvgIpc) is 3.43. The van der Waals surface area contributed by atoms with Crippen molar-refractivity contribution in [1.82, 2.24) is 9.97 Å². The summed E-state index contributed by atoms with van der Waals surface area (Å²) in [5, 5.41) is 3.66. The van der Waals surface area contributed by atoms with Gasteiger partial charge in [0.1, 0.15) is 11.6 Å². The Kier molecular flexibility index (Phi) is 4.98. The summed E-state index contributed by atoms with van der Waals surface area (Å²) in [6, 6.07) is 23.8. The molecule has 3 aromatic carbocycles. The highest BCUT2D eigenvalue weighted by molar-refractivity contribution is 6.43. The van der Waals surface area contributed by atoms with Gasteiger partial charge in [-0.3, -0.25) is 4.79 Å². The summed E-state index contributed by atoms with van der Waals surface area (Å²) in [7, 11) is 0. The fourth-order valence-electron chi connectivity index (χ4n) is 3.33. The number of carbonyl (C=O) groups excluding carboxylic acids is 1. The summed E-state index contributed by atoms with van der Waals surface area (Å²) < 4.78 is 5.72. The third-order valence-corrected chi connectivity index (χ3v) is 5.65. The number of imidazole rings is 1. The Morgan fingerprint density at radius 3 is 2.65 bits per heavy atom. The van der Waals surface area contributed by atoms with Crippen LogP contribution in [0.15, 0.2) is 83.3 Å². The van der Waals surface area contributed by atoms with E-state index in [1.54, 1.807) is 30.3 Å². The highest BCUT2D eigenvalue weighted by Gasteiger charge is 2.16. The summed E-state index contributed by atoms with van der Waals surface area (Å²) in [6.45, 7) is 0. The molecule has 0 fully saturated rings. The van der Waals surface area contributed by atoms with Gasteiger partial charge in [-0.1, -0.05) is 53.5 Å². The molecule has 0 bridgehead atoms. The summed E-state index contributed by atoms with van der Waals surface area (Å²) >= 11 is 12.3. The van der Waals surface area contributed by atoms with Gasteiger partial charge in [0, 0.05) is 16.8 Å². The molecule has 0 aliphatic heterocycles. The van der Waals surface area contributed by atoms with E-state index in [2.05, 4.69) is 15.3 Å². The number of anilines is 1. The van der Waals surface area contributed by atoms with E-state index in [0.717, 1.165) is 22.4 Å². The number of halogens is 2. The number of aromatic nitrogens is 2. The van der Waals surface area contributed by atoms with Gasteiger partial charge >= 0.3 is 0 Å². The molecule has 0 aliphatic carbocycles. The quantitative estimate of drug-likeness (QED) is 0.310. The van der Waals surface area contributed by atoms with Crippen molar-refractivity contribution in [2.75, 3.05) is 5.32 Å². The van der Waals surface area contributed by atoms with Crippen LogP contribution >= 0.6 is 23.2 Å². The lowest BCUT2D eigenvalue weighted by atomic mass is 10.2. The van der Waals surface area contributed by atoms with Gasteiger partial charge in [0.25, 0.3) is 5.91 Å². The van der Waals surface area contributed by atoms with E-state index in [4.69, 9.17) is 27.6 Å². The van der Waals surface area contributed by atoms with Crippen LogP contribution < -0.4 is 5.32 Å². The Labute approximate surface area is 187 Å². The normalized spacial score (nSPS) is 11.0. The van der Waals surface area contributed by atoms with E-state index < -0.39 is 0 Å². The van der Waals surface area contributed by atoms with E-state index in [1.165, 1.54) is 0 Å². The summed E-state index contributed by atoms with van der Waals surface area (Å²) in [6.07, 6.45) is 0. The first-order chi connectivity index (χ1) is 15.1. The van der Waals surface area contributed by atoms with Gasteiger partial charge in [-0.25, -0.2) is 4.98 Å². The number of carbonyl (C=O) groups is 1. The second-order valence-electron chi connectivity index (χ2n) is 6.90. The Morgan fingerprint density at radius 1 is 0.935 bits per heavy atom. The number of fused-ring (bicyclic) bond motifs is 1.